The summed E-state index contributed by atoms with van der Waals surface area (Å²) >= 11 is 0. The van der Waals surface area contributed by atoms with Gasteiger partial charge in [-0.05, 0) is 62.2 Å². The second kappa shape index (κ2) is 7.42. The van der Waals surface area contributed by atoms with Gasteiger partial charge in [0, 0.05) is 6.04 Å². The molecule has 118 valence electrons. The molecule has 1 heterocycles. The maximum atomic E-state index is 6.50. The second-order valence-corrected chi connectivity index (χ2v) is 6.99. The van der Waals surface area contributed by atoms with E-state index in [-0.39, 0.29) is 6.04 Å². The topological polar surface area (TPSA) is 29.3 Å². The van der Waals surface area contributed by atoms with E-state index < -0.39 is 0 Å². The summed E-state index contributed by atoms with van der Waals surface area (Å²) in [4.78, 5) is 2.63. The minimum atomic E-state index is 0.224. The highest BCUT2D eigenvalue weighted by Crippen LogP contribution is 2.33. The van der Waals surface area contributed by atoms with E-state index in [0.717, 1.165) is 18.3 Å². The molecule has 1 aromatic carbocycles. The predicted molar refractivity (Wildman–Crippen MR) is 91.3 cm³/mol. The van der Waals surface area contributed by atoms with Gasteiger partial charge in [0.15, 0.2) is 0 Å². The summed E-state index contributed by atoms with van der Waals surface area (Å²) in [6, 6.07) is 9.36. The average molecular weight is 288 g/mol. The van der Waals surface area contributed by atoms with Crippen LogP contribution in [0.15, 0.2) is 24.3 Å². The molecule has 0 radical (unpaired) electrons. The molecule has 2 N–H and O–H groups in total. The fourth-order valence-corrected chi connectivity index (χ4v) is 3.70. The lowest BCUT2D eigenvalue weighted by Gasteiger charge is -2.41. The van der Waals surface area contributed by atoms with Gasteiger partial charge in [-0.3, -0.25) is 4.90 Å². The van der Waals surface area contributed by atoms with Crippen LogP contribution in [0.1, 0.15) is 57.2 Å². The van der Waals surface area contributed by atoms with Crippen molar-refractivity contribution in [2.24, 2.45) is 17.6 Å². The number of benzene rings is 1. The van der Waals surface area contributed by atoms with Gasteiger partial charge in [0.1, 0.15) is 0 Å². The molecule has 0 aliphatic carbocycles. The second-order valence-electron chi connectivity index (χ2n) is 6.99. The number of nitrogens with zero attached hydrogens (tertiary/aromatic N) is 1. The van der Waals surface area contributed by atoms with E-state index >= 15 is 0 Å². The summed E-state index contributed by atoms with van der Waals surface area (Å²) in [6.45, 7) is 11.5. The number of hydrogen-bond donors (Lipinski definition) is 1. The van der Waals surface area contributed by atoms with E-state index in [1.807, 2.05) is 0 Å². The van der Waals surface area contributed by atoms with E-state index in [0.29, 0.717) is 6.04 Å². The van der Waals surface area contributed by atoms with Gasteiger partial charge >= 0.3 is 0 Å². The molecule has 21 heavy (non-hydrogen) atoms. The van der Waals surface area contributed by atoms with Crippen molar-refractivity contribution in [2.75, 3.05) is 13.1 Å². The highest BCUT2D eigenvalue weighted by Gasteiger charge is 2.30. The highest BCUT2D eigenvalue weighted by molar-refractivity contribution is 5.30. The zero-order valence-corrected chi connectivity index (χ0v) is 14.2. The maximum absolute atomic E-state index is 6.50. The van der Waals surface area contributed by atoms with Gasteiger partial charge in [-0.25, -0.2) is 0 Å². The van der Waals surface area contributed by atoms with E-state index in [1.165, 1.54) is 37.1 Å². The molecule has 2 rings (SSSR count). The van der Waals surface area contributed by atoms with Crippen LogP contribution in [0, 0.1) is 18.8 Å². The molecular weight excluding hydrogens is 256 g/mol. The van der Waals surface area contributed by atoms with Gasteiger partial charge in [0.25, 0.3) is 0 Å². The highest BCUT2D eigenvalue weighted by atomic mass is 15.2. The van der Waals surface area contributed by atoms with Crippen LogP contribution in [0.2, 0.25) is 0 Å². The SMILES string of the molecule is CCC(N)C(c1ccccc1C)N1CCC(C(C)C)CC1. The zero-order chi connectivity index (χ0) is 15.4. The van der Waals surface area contributed by atoms with Crippen LogP contribution >= 0.6 is 0 Å². The number of hydrogen-bond acceptors (Lipinski definition) is 2. The van der Waals surface area contributed by atoms with E-state index in [2.05, 4.69) is 56.9 Å². The van der Waals surface area contributed by atoms with Gasteiger partial charge in [-0.15, -0.1) is 0 Å². The standard InChI is InChI=1S/C19H32N2/c1-5-18(20)19(17-9-7-6-8-15(17)4)21-12-10-16(11-13-21)14(2)3/h6-9,14,16,18-19H,5,10-13,20H2,1-4H3. The molecule has 1 fully saturated rings. The summed E-state index contributed by atoms with van der Waals surface area (Å²) in [5.74, 6) is 1.69. The van der Waals surface area contributed by atoms with Crippen LogP contribution in [0.3, 0.4) is 0 Å². The lowest BCUT2D eigenvalue weighted by atomic mass is 9.84. The summed E-state index contributed by atoms with van der Waals surface area (Å²) < 4.78 is 0. The van der Waals surface area contributed by atoms with E-state index in [1.54, 1.807) is 0 Å². The fourth-order valence-electron chi connectivity index (χ4n) is 3.70. The normalized spacial score (nSPS) is 20.7. The zero-order valence-electron chi connectivity index (χ0n) is 14.2. The monoisotopic (exact) mass is 288 g/mol. The number of aryl methyl sites for hydroxylation is 1. The molecule has 1 saturated heterocycles. The summed E-state index contributed by atoms with van der Waals surface area (Å²) in [5.41, 5.74) is 9.30. The maximum Gasteiger partial charge on any atom is 0.0501 e. The van der Waals surface area contributed by atoms with Gasteiger partial charge in [0.05, 0.1) is 6.04 Å². The summed E-state index contributed by atoms with van der Waals surface area (Å²) in [6.07, 6.45) is 3.66. The fraction of sp³-hybridized carbons (Fsp3) is 0.684. The Hall–Kier alpha value is -0.860. The van der Waals surface area contributed by atoms with E-state index in [9.17, 15) is 0 Å². The van der Waals surface area contributed by atoms with Crippen molar-refractivity contribution < 1.29 is 0 Å². The summed E-state index contributed by atoms with van der Waals surface area (Å²) in [7, 11) is 0. The number of nitrogens with two attached hydrogens (primary N) is 1. The van der Waals surface area contributed by atoms with Crippen LogP contribution < -0.4 is 5.73 Å². The third-order valence-electron chi connectivity index (χ3n) is 5.29. The van der Waals surface area contributed by atoms with Crippen LogP contribution in [-0.4, -0.2) is 24.0 Å². The first-order chi connectivity index (χ1) is 10.0. The molecule has 0 aromatic heterocycles. The Kier molecular flexibility index (Phi) is 5.83. The minimum absolute atomic E-state index is 0.224. The van der Waals surface area contributed by atoms with Crippen molar-refractivity contribution in [3.63, 3.8) is 0 Å². The smallest absolute Gasteiger partial charge is 0.0501 e. The Balaban J connectivity index is 2.17. The summed E-state index contributed by atoms with van der Waals surface area (Å²) in [5, 5.41) is 0. The third kappa shape index (κ3) is 3.87. The molecule has 1 aliphatic rings. The minimum Gasteiger partial charge on any atom is -0.326 e. The van der Waals surface area contributed by atoms with Gasteiger partial charge in [-0.2, -0.15) is 0 Å². The van der Waals surface area contributed by atoms with E-state index in [4.69, 9.17) is 5.73 Å². The van der Waals surface area contributed by atoms with Crippen molar-refractivity contribution in [2.45, 2.75) is 59.0 Å². The van der Waals surface area contributed by atoms with Crippen LogP contribution in [-0.2, 0) is 0 Å². The Bertz CT molecular complexity index is 433. The first kappa shape index (κ1) is 16.5. The lowest BCUT2D eigenvalue weighted by Crippen LogP contribution is -2.45. The molecule has 0 bridgehead atoms. The molecule has 2 unspecified atom stereocenters. The Morgan fingerprint density at radius 1 is 1.19 bits per heavy atom. The molecule has 0 amide bonds. The molecule has 2 atom stereocenters. The Morgan fingerprint density at radius 2 is 1.81 bits per heavy atom. The number of likely N-dealkylation sites (tertiary alicyclic amines) is 1. The van der Waals surface area contributed by atoms with Crippen molar-refractivity contribution in [3.8, 4) is 0 Å². The van der Waals surface area contributed by atoms with Crippen LogP contribution in [0.5, 0.6) is 0 Å². The quantitative estimate of drug-likeness (QED) is 0.882. The number of piperidine rings is 1. The average Bonchev–Trinajstić information content (AvgIpc) is 2.49. The van der Waals surface area contributed by atoms with Gasteiger partial charge < -0.3 is 5.73 Å². The molecule has 0 saturated carbocycles. The van der Waals surface area contributed by atoms with Crippen LogP contribution in [0.4, 0.5) is 0 Å². The molecule has 1 aliphatic heterocycles. The van der Waals surface area contributed by atoms with Crippen LogP contribution in [0.25, 0.3) is 0 Å². The van der Waals surface area contributed by atoms with Crippen molar-refractivity contribution in [3.05, 3.63) is 35.4 Å². The van der Waals surface area contributed by atoms with Crippen molar-refractivity contribution in [1.29, 1.82) is 0 Å². The molecule has 2 heteroatoms. The van der Waals surface area contributed by atoms with Gasteiger partial charge in [-0.1, -0.05) is 45.0 Å². The Labute approximate surface area is 130 Å². The molecule has 2 nitrogen and oxygen atoms in total. The first-order valence-electron chi connectivity index (χ1n) is 8.59. The first-order valence-corrected chi connectivity index (χ1v) is 8.59. The molecule has 1 aromatic rings. The molecular formula is C19H32N2. The lowest BCUT2D eigenvalue weighted by molar-refractivity contribution is 0.0990. The van der Waals surface area contributed by atoms with Gasteiger partial charge in [0.2, 0.25) is 0 Å². The molecule has 0 spiro atoms. The van der Waals surface area contributed by atoms with Crippen molar-refractivity contribution in [1.82, 2.24) is 4.90 Å². The predicted octanol–water partition coefficient (Wildman–Crippen LogP) is 4.14. The number of rotatable bonds is 5. The third-order valence-corrected chi connectivity index (χ3v) is 5.29. The Morgan fingerprint density at radius 3 is 2.33 bits per heavy atom. The largest absolute Gasteiger partial charge is 0.326 e. The van der Waals surface area contributed by atoms with Crippen molar-refractivity contribution >= 4 is 0 Å².